The average Bonchev–Trinajstić information content (AvgIpc) is 3.30. The van der Waals surface area contributed by atoms with Crippen molar-refractivity contribution >= 4 is 23.3 Å². The van der Waals surface area contributed by atoms with Crippen LogP contribution in [0.3, 0.4) is 0 Å². The molecule has 29 heavy (non-hydrogen) atoms. The van der Waals surface area contributed by atoms with Crippen molar-refractivity contribution in [2.24, 2.45) is 0 Å². The normalized spacial score (nSPS) is 22.0. The molecule has 2 aromatic rings. The molecule has 2 atom stereocenters. The Balaban J connectivity index is 1.67. The van der Waals surface area contributed by atoms with Gasteiger partial charge in [-0.3, -0.25) is 9.89 Å². The fraction of sp³-hybridized carbons (Fsp3) is 0.333. The van der Waals surface area contributed by atoms with Gasteiger partial charge in [0.1, 0.15) is 5.82 Å². The van der Waals surface area contributed by atoms with E-state index >= 15 is 0 Å². The van der Waals surface area contributed by atoms with Crippen LogP contribution in [0.5, 0.6) is 0 Å². The second-order valence-electron chi connectivity index (χ2n) is 6.98. The highest BCUT2D eigenvalue weighted by Crippen LogP contribution is 2.38. The van der Waals surface area contributed by atoms with Crippen LogP contribution in [0.2, 0.25) is 5.02 Å². The second kappa shape index (κ2) is 6.96. The van der Waals surface area contributed by atoms with Gasteiger partial charge in [-0.2, -0.15) is 18.3 Å². The number of anilines is 1. The first-order valence-electron chi connectivity index (χ1n) is 8.92. The Morgan fingerprint density at radius 2 is 2.03 bits per heavy atom. The number of amides is 1. The number of carbonyl (C=O) groups is 1. The van der Waals surface area contributed by atoms with Gasteiger partial charge in [0.25, 0.3) is 5.91 Å². The molecule has 0 radical (unpaired) electrons. The second-order valence-corrected chi connectivity index (χ2v) is 7.36. The van der Waals surface area contributed by atoms with E-state index in [0.29, 0.717) is 6.42 Å². The number of hydrazine groups is 2. The molecular formula is C18H18ClF3N6O. The van der Waals surface area contributed by atoms with Gasteiger partial charge >= 0.3 is 6.18 Å². The molecule has 0 fully saturated rings. The quantitative estimate of drug-likeness (QED) is 0.685. The topological polar surface area (TPSA) is 76.3 Å². The van der Waals surface area contributed by atoms with Gasteiger partial charge in [-0.1, -0.05) is 17.7 Å². The zero-order valence-corrected chi connectivity index (χ0v) is 16.3. The van der Waals surface area contributed by atoms with E-state index < -0.39 is 28.7 Å². The third-order valence-corrected chi connectivity index (χ3v) is 5.59. The molecule has 0 aliphatic carbocycles. The molecule has 1 amide bonds. The van der Waals surface area contributed by atoms with Crippen LogP contribution in [0.4, 0.5) is 19.0 Å². The van der Waals surface area contributed by atoms with Crippen LogP contribution in [-0.4, -0.2) is 33.1 Å². The molecular weight excluding hydrogens is 409 g/mol. The Morgan fingerprint density at radius 3 is 2.69 bits per heavy atom. The van der Waals surface area contributed by atoms with Gasteiger partial charge < -0.3 is 10.3 Å². The number of alkyl halides is 3. The van der Waals surface area contributed by atoms with Gasteiger partial charge in [-0.05, 0) is 26.0 Å². The SMILES string of the molecule is C[C@@H]1C2=C(C[C@H](C)N1C(=O)c1cccc(C(F)(F)F)c1Cl)N(c1ccn[nH]1)NN2. The third-order valence-electron chi connectivity index (χ3n) is 5.18. The zero-order chi connectivity index (χ0) is 20.9. The van der Waals surface area contributed by atoms with Gasteiger partial charge in [0.15, 0.2) is 0 Å². The number of benzene rings is 1. The number of nitrogens with zero attached hydrogens (tertiary/aromatic N) is 3. The van der Waals surface area contributed by atoms with Crippen molar-refractivity contribution in [2.45, 2.75) is 38.5 Å². The summed E-state index contributed by atoms with van der Waals surface area (Å²) in [5.74, 6) is 0.178. The summed E-state index contributed by atoms with van der Waals surface area (Å²) >= 11 is 5.98. The van der Waals surface area contributed by atoms with E-state index in [1.165, 1.54) is 12.1 Å². The van der Waals surface area contributed by atoms with Crippen LogP contribution in [0.1, 0.15) is 36.2 Å². The van der Waals surface area contributed by atoms with Gasteiger partial charge in [0.2, 0.25) is 0 Å². The highest BCUT2D eigenvalue weighted by Gasteiger charge is 2.42. The average molecular weight is 427 g/mol. The number of halogens is 4. The molecule has 154 valence electrons. The molecule has 0 bridgehead atoms. The van der Waals surface area contributed by atoms with Crippen molar-refractivity contribution in [2.75, 3.05) is 5.01 Å². The summed E-state index contributed by atoms with van der Waals surface area (Å²) in [6.07, 6.45) is -2.53. The number of rotatable bonds is 2. The molecule has 2 aliphatic heterocycles. The first-order valence-corrected chi connectivity index (χ1v) is 9.30. The number of aromatic nitrogens is 2. The highest BCUT2D eigenvalue weighted by atomic mass is 35.5. The summed E-state index contributed by atoms with van der Waals surface area (Å²) in [5.41, 5.74) is 6.57. The largest absolute Gasteiger partial charge is 0.417 e. The maximum Gasteiger partial charge on any atom is 0.417 e. The minimum atomic E-state index is -4.64. The van der Waals surface area contributed by atoms with Gasteiger partial charge in [0.05, 0.1) is 39.8 Å². The smallest absolute Gasteiger partial charge is 0.327 e. The standard InChI is InChI=1S/C18H18ClF3N6O/c1-9-8-13-16(25-26-28(13)14-6-7-23-24-14)10(2)27(9)17(29)11-4-3-5-12(15(11)19)18(20,21)22/h3-7,9-10,25-26H,8H2,1-2H3,(H,23,24)/t9-,10+/m0/s1. The Morgan fingerprint density at radius 1 is 1.28 bits per heavy atom. The Hall–Kier alpha value is -2.72. The monoisotopic (exact) mass is 426 g/mol. The summed E-state index contributed by atoms with van der Waals surface area (Å²) in [5, 5.41) is 8.02. The van der Waals surface area contributed by atoms with Crippen LogP contribution in [0.15, 0.2) is 41.9 Å². The van der Waals surface area contributed by atoms with E-state index in [1.54, 1.807) is 22.2 Å². The fourth-order valence-electron chi connectivity index (χ4n) is 3.83. The lowest BCUT2D eigenvalue weighted by molar-refractivity contribution is -0.137. The number of aromatic amines is 1. The summed E-state index contributed by atoms with van der Waals surface area (Å²) in [6, 6.07) is 4.50. The van der Waals surface area contributed by atoms with Gasteiger partial charge in [0, 0.05) is 18.5 Å². The van der Waals surface area contributed by atoms with Gasteiger partial charge in [-0.25, -0.2) is 5.01 Å². The third kappa shape index (κ3) is 3.22. The van der Waals surface area contributed by atoms with E-state index in [4.69, 9.17) is 11.6 Å². The summed E-state index contributed by atoms with van der Waals surface area (Å²) in [7, 11) is 0. The van der Waals surface area contributed by atoms with E-state index in [-0.39, 0.29) is 11.6 Å². The summed E-state index contributed by atoms with van der Waals surface area (Å²) < 4.78 is 39.6. The van der Waals surface area contributed by atoms with Crippen molar-refractivity contribution in [3.05, 3.63) is 58.0 Å². The van der Waals surface area contributed by atoms with E-state index in [0.717, 1.165) is 23.3 Å². The Kier molecular flexibility index (Phi) is 4.70. The zero-order valence-electron chi connectivity index (χ0n) is 15.5. The molecule has 3 N–H and O–H groups in total. The van der Waals surface area contributed by atoms with Crippen molar-refractivity contribution in [1.29, 1.82) is 0 Å². The lowest BCUT2D eigenvalue weighted by Crippen LogP contribution is -2.50. The number of carbonyl (C=O) groups excluding carboxylic acids is 1. The number of hydrogen-bond donors (Lipinski definition) is 3. The van der Waals surface area contributed by atoms with E-state index in [9.17, 15) is 18.0 Å². The highest BCUT2D eigenvalue weighted by molar-refractivity contribution is 6.34. The Bertz CT molecular complexity index is 974. The minimum Gasteiger partial charge on any atom is -0.327 e. The minimum absolute atomic E-state index is 0.166. The van der Waals surface area contributed by atoms with Crippen molar-refractivity contribution < 1.29 is 18.0 Å². The molecule has 0 unspecified atom stereocenters. The number of H-pyrrole nitrogens is 1. The van der Waals surface area contributed by atoms with Gasteiger partial charge in [-0.15, -0.1) is 5.53 Å². The molecule has 1 aromatic heterocycles. The molecule has 3 heterocycles. The molecule has 4 rings (SSSR count). The van der Waals surface area contributed by atoms with Crippen molar-refractivity contribution in [3.8, 4) is 0 Å². The van der Waals surface area contributed by atoms with Crippen LogP contribution in [0, 0.1) is 0 Å². The lowest BCUT2D eigenvalue weighted by atomic mass is 9.96. The Labute approximate surface area is 169 Å². The molecule has 2 aliphatic rings. The maximum absolute atomic E-state index is 13.2. The first-order chi connectivity index (χ1) is 13.7. The fourth-order valence-corrected chi connectivity index (χ4v) is 4.15. The first kappa shape index (κ1) is 19.6. The predicted octanol–water partition coefficient (Wildman–Crippen LogP) is 3.45. The molecule has 0 spiro atoms. The number of hydrogen-bond acceptors (Lipinski definition) is 5. The molecule has 0 saturated carbocycles. The predicted molar refractivity (Wildman–Crippen MR) is 101 cm³/mol. The van der Waals surface area contributed by atoms with Crippen molar-refractivity contribution in [1.82, 2.24) is 26.1 Å². The maximum atomic E-state index is 13.2. The summed E-state index contributed by atoms with van der Waals surface area (Å²) in [6.45, 7) is 3.67. The van der Waals surface area contributed by atoms with Crippen LogP contribution < -0.4 is 16.0 Å². The van der Waals surface area contributed by atoms with Crippen LogP contribution in [-0.2, 0) is 6.18 Å². The molecule has 1 aromatic carbocycles. The number of nitrogens with one attached hydrogen (secondary N) is 3. The molecule has 11 heteroatoms. The molecule has 0 saturated heterocycles. The van der Waals surface area contributed by atoms with Crippen LogP contribution >= 0.6 is 11.6 Å². The lowest BCUT2D eigenvalue weighted by Gasteiger charge is -2.40. The summed E-state index contributed by atoms with van der Waals surface area (Å²) in [4.78, 5) is 14.7. The van der Waals surface area contributed by atoms with Crippen LogP contribution in [0.25, 0.3) is 0 Å². The van der Waals surface area contributed by atoms with E-state index in [1.807, 2.05) is 13.8 Å². The van der Waals surface area contributed by atoms with Crippen molar-refractivity contribution in [3.63, 3.8) is 0 Å². The molecule has 7 nitrogen and oxygen atoms in total. The van der Waals surface area contributed by atoms with E-state index in [2.05, 4.69) is 21.2 Å².